The number of hydrogen-bond acceptors (Lipinski definition) is 3. The van der Waals surface area contributed by atoms with Gasteiger partial charge in [0.25, 0.3) is 5.91 Å². The molecule has 0 spiro atoms. The third kappa shape index (κ3) is 4.19. The molecule has 0 aliphatic heterocycles. The van der Waals surface area contributed by atoms with Gasteiger partial charge in [-0.2, -0.15) is 0 Å². The number of amides is 1. The summed E-state index contributed by atoms with van der Waals surface area (Å²) in [5.74, 6) is 0.151. The van der Waals surface area contributed by atoms with Gasteiger partial charge in [-0.3, -0.25) is 4.79 Å². The number of carbonyl (C=O) groups excluding carboxylic acids is 1. The lowest BCUT2D eigenvalue weighted by Gasteiger charge is -2.13. The Labute approximate surface area is 154 Å². The Bertz CT molecular complexity index is 895. The highest BCUT2D eigenvalue weighted by Crippen LogP contribution is 2.26. The van der Waals surface area contributed by atoms with E-state index in [-0.39, 0.29) is 11.7 Å². The quantitative estimate of drug-likeness (QED) is 0.596. The summed E-state index contributed by atoms with van der Waals surface area (Å²) in [6, 6.07) is 21.4. The molecule has 5 heteroatoms. The molecule has 126 valence electrons. The number of aromatic hydroxyl groups is 1. The second-order valence-electron chi connectivity index (χ2n) is 5.35. The molecule has 4 nitrogen and oxygen atoms in total. The number of halogens is 1. The number of phenols is 1. The molecule has 0 fully saturated rings. The Morgan fingerprint density at radius 1 is 0.960 bits per heavy atom. The third-order valence-electron chi connectivity index (χ3n) is 3.62. The fourth-order valence-electron chi connectivity index (χ4n) is 2.32. The predicted molar refractivity (Wildman–Crippen MR) is 101 cm³/mol. The van der Waals surface area contributed by atoms with E-state index in [1.165, 1.54) is 6.07 Å². The molecule has 0 aromatic heterocycles. The molecule has 0 atom stereocenters. The zero-order valence-corrected chi connectivity index (χ0v) is 14.9. The number of benzene rings is 3. The molecule has 0 radical (unpaired) electrons. The van der Waals surface area contributed by atoms with Crippen molar-refractivity contribution in [1.29, 1.82) is 0 Å². The molecule has 25 heavy (non-hydrogen) atoms. The third-order valence-corrected chi connectivity index (χ3v) is 4.40. The van der Waals surface area contributed by atoms with Crippen molar-refractivity contribution in [3.63, 3.8) is 0 Å². The van der Waals surface area contributed by atoms with Gasteiger partial charge in [-0.25, -0.2) is 0 Å². The minimum atomic E-state index is -0.343. The number of rotatable bonds is 5. The van der Waals surface area contributed by atoms with Crippen LogP contribution in [-0.2, 0) is 6.61 Å². The van der Waals surface area contributed by atoms with E-state index in [1.54, 1.807) is 36.4 Å². The second kappa shape index (κ2) is 7.85. The highest BCUT2D eigenvalue weighted by molar-refractivity contribution is 9.10. The fraction of sp³-hybridized carbons (Fsp3) is 0.0500. The second-order valence-corrected chi connectivity index (χ2v) is 6.20. The molecular weight excluding hydrogens is 382 g/mol. The Balaban J connectivity index is 1.77. The molecule has 3 rings (SSSR count). The monoisotopic (exact) mass is 397 g/mol. The van der Waals surface area contributed by atoms with E-state index >= 15 is 0 Å². The number of ether oxygens (including phenoxy) is 1. The number of nitrogens with one attached hydrogen (secondary N) is 1. The zero-order chi connectivity index (χ0) is 17.6. The van der Waals surface area contributed by atoms with Crippen LogP contribution in [0.2, 0.25) is 0 Å². The van der Waals surface area contributed by atoms with Gasteiger partial charge in [-0.05, 0) is 30.3 Å². The normalized spacial score (nSPS) is 10.3. The van der Waals surface area contributed by atoms with Crippen molar-refractivity contribution in [2.45, 2.75) is 6.61 Å². The van der Waals surface area contributed by atoms with Crippen LogP contribution in [0.15, 0.2) is 77.3 Å². The summed E-state index contributed by atoms with van der Waals surface area (Å²) < 4.78 is 6.79. The summed E-state index contributed by atoms with van der Waals surface area (Å²) in [6.45, 7) is 0.336. The molecular formula is C20H16BrNO3. The van der Waals surface area contributed by atoms with Gasteiger partial charge < -0.3 is 15.2 Å². The number of para-hydroxylation sites is 3. The molecule has 0 aliphatic carbocycles. The summed E-state index contributed by atoms with van der Waals surface area (Å²) in [6.07, 6.45) is 0. The molecule has 1 amide bonds. The molecule has 3 aromatic carbocycles. The highest BCUT2D eigenvalue weighted by Gasteiger charge is 2.14. The van der Waals surface area contributed by atoms with Crippen molar-refractivity contribution < 1.29 is 14.6 Å². The zero-order valence-electron chi connectivity index (χ0n) is 13.3. The van der Waals surface area contributed by atoms with Gasteiger partial charge >= 0.3 is 0 Å². The van der Waals surface area contributed by atoms with Crippen LogP contribution >= 0.6 is 15.9 Å². The SMILES string of the molecule is O=C(Nc1ccccc1O)c1ccccc1OCc1ccccc1Br. The summed E-state index contributed by atoms with van der Waals surface area (Å²) >= 11 is 3.48. The first-order valence-electron chi connectivity index (χ1n) is 7.70. The van der Waals surface area contributed by atoms with E-state index in [4.69, 9.17) is 4.74 Å². The van der Waals surface area contributed by atoms with Crippen LogP contribution < -0.4 is 10.1 Å². The summed E-state index contributed by atoms with van der Waals surface area (Å²) in [4.78, 5) is 12.6. The van der Waals surface area contributed by atoms with Gasteiger partial charge in [0.05, 0.1) is 11.3 Å². The van der Waals surface area contributed by atoms with Crippen LogP contribution in [0.3, 0.4) is 0 Å². The molecule has 3 aromatic rings. The Hall–Kier alpha value is -2.79. The van der Waals surface area contributed by atoms with E-state index in [1.807, 2.05) is 30.3 Å². The van der Waals surface area contributed by atoms with Crippen LogP contribution in [0.4, 0.5) is 5.69 Å². The molecule has 2 N–H and O–H groups in total. The average molecular weight is 398 g/mol. The van der Waals surface area contributed by atoms with Crippen LogP contribution in [0.25, 0.3) is 0 Å². The molecule has 0 saturated carbocycles. The Morgan fingerprint density at radius 2 is 1.64 bits per heavy atom. The van der Waals surface area contributed by atoms with E-state index in [2.05, 4.69) is 21.2 Å². The summed E-state index contributed by atoms with van der Waals surface area (Å²) in [7, 11) is 0. The minimum Gasteiger partial charge on any atom is -0.506 e. The van der Waals surface area contributed by atoms with Crippen LogP contribution in [0.1, 0.15) is 15.9 Å². The van der Waals surface area contributed by atoms with E-state index < -0.39 is 0 Å². The Kier molecular flexibility index (Phi) is 5.36. The highest BCUT2D eigenvalue weighted by atomic mass is 79.9. The maximum atomic E-state index is 12.6. The Morgan fingerprint density at radius 3 is 2.44 bits per heavy atom. The topological polar surface area (TPSA) is 58.6 Å². The first-order chi connectivity index (χ1) is 12.1. The maximum absolute atomic E-state index is 12.6. The first kappa shape index (κ1) is 17.0. The number of carbonyl (C=O) groups is 1. The predicted octanol–water partition coefficient (Wildman–Crippen LogP) is 4.99. The van der Waals surface area contributed by atoms with Crippen LogP contribution in [-0.4, -0.2) is 11.0 Å². The summed E-state index contributed by atoms with van der Waals surface area (Å²) in [5.41, 5.74) is 1.74. The average Bonchev–Trinajstić information content (AvgIpc) is 2.63. The standard InChI is InChI=1S/C20H16BrNO3/c21-16-9-3-1-7-14(16)13-25-19-12-6-2-8-15(19)20(24)22-17-10-4-5-11-18(17)23/h1-12,23H,13H2,(H,22,24). The minimum absolute atomic E-state index is 0.0162. The van der Waals surface area contributed by atoms with Gasteiger partial charge in [0.1, 0.15) is 18.1 Å². The molecule has 0 aliphatic rings. The van der Waals surface area contributed by atoms with Gasteiger partial charge in [0, 0.05) is 10.0 Å². The molecule has 0 heterocycles. The van der Waals surface area contributed by atoms with Gasteiger partial charge in [0.15, 0.2) is 0 Å². The smallest absolute Gasteiger partial charge is 0.259 e. The lowest BCUT2D eigenvalue weighted by Crippen LogP contribution is -2.13. The maximum Gasteiger partial charge on any atom is 0.259 e. The summed E-state index contributed by atoms with van der Waals surface area (Å²) in [5, 5.41) is 12.5. The van der Waals surface area contributed by atoms with Crippen LogP contribution in [0.5, 0.6) is 11.5 Å². The molecule has 0 bridgehead atoms. The van der Waals surface area contributed by atoms with Crippen molar-refractivity contribution >= 4 is 27.5 Å². The van der Waals surface area contributed by atoms with Gasteiger partial charge in [-0.1, -0.05) is 58.4 Å². The number of anilines is 1. The van der Waals surface area contributed by atoms with Gasteiger partial charge in [-0.15, -0.1) is 0 Å². The number of hydrogen-bond donors (Lipinski definition) is 2. The van der Waals surface area contributed by atoms with E-state index in [0.29, 0.717) is 23.6 Å². The lowest BCUT2D eigenvalue weighted by molar-refractivity contribution is 0.102. The van der Waals surface area contributed by atoms with Gasteiger partial charge in [0.2, 0.25) is 0 Å². The molecule has 0 saturated heterocycles. The number of phenolic OH excluding ortho intramolecular Hbond substituents is 1. The van der Waals surface area contributed by atoms with Crippen molar-refractivity contribution in [3.8, 4) is 11.5 Å². The van der Waals surface area contributed by atoms with Crippen LogP contribution in [0, 0.1) is 0 Å². The first-order valence-corrected chi connectivity index (χ1v) is 8.49. The van der Waals surface area contributed by atoms with E-state index in [0.717, 1.165) is 10.0 Å². The van der Waals surface area contributed by atoms with Crippen molar-refractivity contribution in [2.75, 3.05) is 5.32 Å². The van der Waals surface area contributed by atoms with Crippen molar-refractivity contribution in [2.24, 2.45) is 0 Å². The van der Waals surface area contributed by atoms with Crippen molar-refractivity contribution in [1.82, 2.24) is 0 Å². The fourth-order valence-corrected chi connectivity index (χ4v) is 2.72. The molecule has 0 unspecified atom stereocenters. The lowest BCUT2D eigenvalue weighted by atomic mass is 10.1. The largest absolute Gasteiger partial charge is 0.506 e. The van der Waals surface area contributed by atoms with Crippen molar-refractivity contribution in [3.05, 3.63) is 88.4 Å². The van der Waals surface area contributed by atoms with E-state index in [9.17, 15) is 9.90 Å².